The highest BCUT2D eigenvalue weighted by Crippen LogP contribution is 2.47. The van der Waals surface area contributed by atoms with Gasteiger partial charge in [0, 0.05) is 23.3 Å². The smallest absolute Gasteiger partial charge is 0.166 e. The quantitative estimate of drug-likeness (QED) is 0.531. The Hall–Kier alpha value is -3.80. The number of halogens is 1. The predicted molar refractivity (Wildman–Crippen MR) is 126 cm³/mol. The average molecular weight is 445 g/mol. The zero-order valence-electron chi connectivity index (χ0n) is 18.5. The molecule has 3 aromatic rings. The van der Waals surface area contributed by atoms with Gasteiger partial charge < -0.3 is 20.1 Å². The van der Waals surface area contributed by atoms with E-state index in [2.05, 4.69) is 10.6 Å². The number of carbonyl (C=O) groups excluding carboxylic acids is 1. The predicted octanol–water partition coefficient (Wildman–Crippen LogP) is 5.82. The van der Waals surface area contributed by atoms with Gasteiger partial charge >= 0.3 is 0 Å². The summed E-state index contributed by atoms with van der Waals surface area (Å²) in [7, 11) is 3.20. The van der Waals surface area contributed by atoms with E-state index in [1.807, 2.05) is 42.5 Å². The topological polar surface area (TPSA) is 59.6 Å². The molecule has 5 nitrogen and oxygen atoms in total. The summed E-state index contributed by atoms with van der Waals surface area (Å²) in [6.45, 7) is 0. The molecule has 0 amide bonds. The van der Waals surface area contributed by atoms with Crippen molar-refractivity contribution in [2.24, 2.45) is 0 Å². The summed E-state index contributed by atoms with van der Waals surface area (Å²) in [5.41, 5.74) is 5.15. The highest BCUT2D eigenvalue weighted by Gasteiger charge is 2.37. The summed E-state index contributed by atoms with van der Waals surface area (Å²) >= 11 is 0. The summed E-state index contributed by atoms with van der Waals surface area (Å²) in [6, 6.07) is 19.6. The molecule has 0 fully saturated rings. The summed E-state index contributed by atoms with van der Waals surface area (Å²) in [4.78, 5) is 13.6. The van der Waals surface area contributed by atoms with Crippen LogP contribution in [0.15, 0.2) is 78.0 Å². The van der Waals surface area contributed by atoms with E-state index >= 15 is 0 Å². The van der Waals surface area contributed by atoms with Gasteiger partial charge in [-0.25, -0.2) is 4.39 Å². The van der Waals surface area contributed by atoms with E-state index in [0.717, 1.165) is 28.2 Å². The average Bonchev–Trinajstić information content (AvgIpc) is 3.00. The second-order valence-electron chi connectivity index (χ2n) is 8.30. The highest BCUT2D eigenvalue weighted by atomic mass is 19.1. The maximum Gasteiger partial charge on any atom is 0.166 e. The van der Waals surface area contributed by atoms with Gasteiger partial charge in [0.2, 0.25) is 0 Å². The molecule has 0 radical (unpaired) electrons. The van der Waals surface area contributed by atoms with Crippen molar-refractivity contribution in [3.63, 3.8) is 0 Å². The molecule has 2 aliphatic rings. The Morgan fingerprint density at radius 2 is 1.64 bits per heavy atom. The molecule has 2 atom stereocenters. The number of allylic oxidation sites excluding steroid dienone is 1. The fraction of sp³-hybridized carbons (Fsp3) is 0.222. The number of hydrogen-bond acceptors (Lipinski definition) is 5. The molecule has 5 rings (SSSR count). The molecule has 0 saturated heterocycles. The van der Waals surface area contributed by atoms with Crippen LogP contribution >= 0.6 is 0 Å². The largest absolute Gasteiger partial charge is 0.493 e. The number of fused-ring (bicyclic) bond motifs is 1. The molecule has 0 aromatic heterocycles. The molecule has 33 heavy (non-hydrogen) atoms. The molecule has 1 aliphatic carbocycles. The fourth-order valence-electron chi connectivity index (χ4n) is 4.84. The molecule has 0 bridgehead atoms. The lowest BCUT2D eigenvalue weighted by Crippen LogP contribution is -2.27. The molecule has 6 heteroatoms. The first kappa shape index (κ1) is 21.1. The number of Topliss-reactive ketones (excluding diaryl/α,β-unsaturated/α-hetero) is 1. The van der Waals surface area contributed by atoms with Gasteiger partial charge in [-0.1, -0.05) is 36.4 Å². The van der Waals surface area contributed by atoms with Gasteiger partial charge in [-0.2, -0.15) is 0 Å². The van der Waals surface area contributed by atoms with Crippen LogP contribution in [0.25, 0.3) is 0 Å². The van der Waals surface area contributed by atoms with Gasteiger partial charge in [0.05, 0.1) is 31.6 Å². The van der Waals surface area contributed by atoms with Crippen LogP contribution < -0.4 is 20.1 Å². The number of ether oxygens (including phenoxy) is 2. The fourth-order valence-corrected chi connectivity index (χ4v) is 4.84. The normalized spacial score (nSPS) is 19.5. The van der Waals surface area contributed by atoms with Crippen molar-refractivity contribution in [2.45, 2.75) is 24.8 Å². The minimum atomic E-state index is -0.414. The van der Waals surface area contributed by atoms with Gasteiger partial charge in [-0.3, -0.25) is 4.79 Å². The summed E-state index contributed by atoms with van der Waals surface area (Å²) < 4.78 is 24.7. The van der Waals surface area contributed by atoms with Crippen molar-refractivity contribution in [1.82, 2.24) is 0 Å². The number of ketones is 1. The van der Waals surface area contributed by atoms with Crippen LogP contribution in [0, 0.1) is 5.82 Å². The van der Waals surface area contributed by atoms with Crippen molar-refractivity contribution in [3.05, 3.63) is 94.9 Å². The Kier molecular flexibility index (Phi) is 5.50. The minimum Gasteiger partial charge on any atom is -0.493 e. The molecule has 2 unspecified atom stereocenters. The van der Waals surface area contributed by atoms with Gasteiger partial charge in [-0.15, -0.1) is 0 Å². The summed E-state index contributed by atoms with van der Waals surface area (Å²) in [5, 5.41) is 7.09. The summed E-state index contributed by atoms with van der Waals surface area (Å²) in [6.07, 6.45) is 0.998. The van der Waals surface area contributed by atoms with E-state index in [0.29, 0.717) is 29.9 Å². The van der Waals surface area contributed by atoms with Gasteiger partial charge in [0.1, 0.15) is 5.82 Å². The molecular weight excluding hydrogens is 419 g/mol. The van der Waals surface area contributed by atoms with Crippen LogP contribution in [0.4, 0.5) is 15.8 Å². The molecule has 0 spiro atoms. The van der Waals surface area contributed by atoms with Gasteiger partial charge in [0.25, 0.3) is 0 Å². The molecule has 0 saturated carbocycles. The van der Waals surface area contributed by atoms with Crippen LogP contribution in [-0.4, -0.2) is 20.0 Å². The molecule has 1 heterocycles. The SMILES string of the molecule is COc1cccc(C2Nc3ccccc3NC3=C2C(=O)CC(c2ccc(F)cc2)C3)c1OC. The first-order valence-electron chi connectivity index (χ1n) is 10.9. The number of anilines is 2. The Morgan fingerprint density at radius 1 is 0.879 bits per heavy atom. The minimum absolute atomic E-state index is 0.0255. The van der Waals surface area contributed by atoms with E-state index in [9.17, 15) is 9.18 Å². The van der Waals surface area contributed by atoms with Crippen molar-refractivity contribution in [2.75, 3.05) is 24.9 Å². The molecular formula is C27H25FN2O3. The van der Waals surface area contributed by atoms with E-state index < -0.39 is 6.04 Å². The highest BCUT2D eigenvalue weighted by molar-refractivity contribution is 6.01. The Labute approximate surface area is 192 Å². The number of carbonyl (C=O) groups is 1. The maximum absolute atomic E-state index is 13.6. The third-order valence-electron chi connectivity index (χ3n) is 6.39. The standard InChI is InChI=1S/C27H25FN2O3/c1-32-24-9-5-6-19(27(24)33-2)26-25-22(29-20-7-3-4-8-21(20)30-26)14-17(15-23(25)31)16-10-12-18(28)13-11-16/h3-13,17,26,29-30H,14-15H2,1-2H3. The van der Waals surface area contributed by atoms with Crippen LogP contribution in [0.3, 0.4) is 0 Å². The Morgan fingerprint density at radius 3 is 2.36 bits per heavy atom. The van der Waals surface area contributed by atoms with Crippen molar-refractivity contribution in [1.29, 1.82) is 0 Å². The number of benzene rings is 3. The Balaban J connectivity index is 1.64. The van der Waals surface area contributed by atoms with Crippen LogP contribution in [0.2, 0.25) is 0 Å². The monoisotopic (exact) mass is 444 g/mol. The van der Waals surface area contributed by atoms with E-state index in [1.165, 1.54) is 12.1 Å². The van der Waals surface area contributed by atoms with E-state index in [1.54, 1.807) is 26.4 Å². The third kappa shape index (κ3) is 3.82. The van der Waals surface area contributed by atoms with E-state index in [-0.39, 0.29) is 17.5 Å². The first-order valence-corrected chi connectivity index (χ1v) is 10.9. The summed E-state index contributed by atoms with van der Waals surface area (Å²) in [5.74, 6) is 0.946. The number of hydrogen-bond donors (Lipinski definition) is 2. The zero-order valence-corrected chi connectivity index (χ0v) is 18.5. The van der Waals surface area contributed by atoms with Gasteiger partial charge in [-0.05, 0) is 48.2 Å². The number of nitrogens with one attached hydrogen (secondary N) is 2. The van der Waals surface area contributed by atoms with Crippen LogP contribution in [0.5, 0.6) is 11.5 Å². The Bertz CT molecular complexity index is 1240. The van der Waals surface area contributed by atoms with E-state index in [4.69, 9.17) is 9.47 Å². The zero-order chi connectivity index (χ0) is 22.9. The third-order valence-corrected chi connectivity index (χ3v) is 6.39. The van der Waals surface area contributed by atoms with Gasteiger partial charge in [0.15, 0.2) is 17.3 Å². The van der Waals surface area contributed by atoms with Crippen LogP contribution in [-0.2, 0) is 4.79 Å². The lowest BCUT2D eigenvalue weighted by molar-refractivity contribution is -0.116. The lowest BCUT2D eigenvalue weighted by Gasteiger charge is -2.30. The van der Waals surface area contributed by atoms with Crippen molar-refractivity contribution < 1.29 is 18.7 Å². The second kappa shape index (κ2) is 8.62. The van der Waals surface area contributed by atoms with Crippen molar-refractivity contribution >= 4 is 17.2 Å². The number of para-hydroxylation sites is 3. The number of methoxy groups -OCH3 is 2. The van der Waals surface area contributed by atoms with Crippen LogP contribution in [0.1, 0.15) is 35.9 Å². The van der Waals surface area contributed by atoms with Crippen molar-refractivity contribution in [3.8, 4) is 11.5 Å². The molecule has 1 aliphatic heterocycles. The second-order valence-corrected chi connectivity index (χ2v) is 8.30. The maximum atomic E-state index is 13.6. The number of rotatable bonds is 4. The lowest BCUT2D eigenvalue weighted by atomic mass is 9.78. The first-order chi connectivity index (χ1) is 16.1. The molecule has 3 aromatic carbocycles. The molecule has 2 N–H and O–H groups in total. The molecule has 168 valence electrons.